The number of esters is 1. The van der Waals surface area contributed by atoms with Crippen LogP contribution in [0.1, 0.15) is 48.5 Å². The van der Waals surface area contributed by atoms with E-state index in [2.05, 4.69) is 41.5 Å². The van der Waals surface area contributed by atoms with Crippen molar-refractivity contribution in [3.05, 3.63) is 36.4 Å². The molecule has 24 heavy (non-hydrogen) atoms. The Bertz CT molecular complexity index is 681. The van der Waals surface area contributed by atoms with Gasteiger partial charge in [-0.15, -0.1) is 0 Å². The molecule has 0 spiro atoms. The molecular weight excluding hydrogens is 300 g/mol. The predicted octanol–water partition coefficient (Wildman–Crippen LogP) is 5.80. The van der Waals surface area contributed by atoms with Crippen LogP contribution in [-0.2, 0) is 4.79 Å². The summed E-state index contributed by atoms with van der Waals surface area (Å²) in [6.45, 7) is 15.2. The Labute approximate surface area is 145 Å². The number of ether oxygens (including phenoxy) is 1. The summed E-state index contributed by atoms with van der Waals surface area (Å²) in [6, 6.07) is 10.3. The van der Waals surface area contributed by atoms with Gasteiger partial charge in [0.1, 0.15) is 11.5 Å². The molecule has 3 heteroatoms. The molecule has 2 aromatic carbocycles. The van der Waals surface area contributed by atoms with Crippen molar-refractivity contribution in [1.82, 2.24) is 0 Å². The molecule has 0 heterocycles. The van der Waals surface area contributed by atoms with E-state index >= 15 is 0 Å². The fraction of sp³-hybridized carbons (Fsp3) is 0.476. The van der Waals surface area contributed by atoms with Crippen LogP contribution in [0.15, 0.2) is 36.4 Å². The van der Waals surface area contributed by atoms with Gasteiger partial charge in [-0.25, -0.2) is 0 Å². The van der Waals surface area contributed by atoms with Gasteiger partial charge in [-0.3, -0.25) is 4.79 Å². The molecule has 3 nitrogen and oxygen atoms in total. The number of aromatic hydroxyl groups is 1. The van der Waals surface area contributed by atoms with E-state index in [0.29, 0.717) is 16.6 Å². The zero-order valence-electron chi connectivity index (χ0n) is 15.9. The third kappa shape index (κ3) is 5.55. The Morgan fingerprint density at radius 3 is 1.96 bits per heavy atom. The van der Waals surface area contributed by atoms with Crippen molar-refractivity contribution < 1.29 is 14.6 Å². The second-order valence-corrected chi connectivity index (χ2v) is 7.62. The quantitative estimate of drug-likeness (QED) is 0.559. The van der Waals surface area contributed by atoms with Crippen molar-refractivity contribution >= 4 is 16.7 Å². The largest absolute Gasteiger partial charge is 0.507 e. The van der Waals surface area contributed by atoms with Crippen molar-refractivity contribution in [2.75, 3.05) is 0 Å². The third-order valence-electron chi connectivity index (χ3n) is 4.48. The van der Waals surface area contributed by atoms with Crippen LogP contribution in [0.5, 0.6) is 11.5 Å². The van der Waals surface area contributed by atoms with Crippen LogP contribution in [0.2, 0.25) is 0 Å². The monoisotopic (exact) mass is 330 g/mol. The van der Waals surface area contributed by atoms with Crippen LogP contribution < -0.4 is 4.74 Å². The first-order chi connectivity index (χ1) is 11.0. The average Bonchev–Trinajstić information content (AvgIpc) is 2.49. The molecule has 2 rings (SSSR count). The van der Waals surface area contributed by atoms with E-state index in [1.165, 1.54) is 13.0 Å². The average molecular weight is 330 g/mol. The summed E-state index contributed by atoms with van der Waals surface area (Å²) < 4.78 is 5.03. The number of carbonyl (C=O) groups is 1. The van der Waals surface area contributed by atoms with Crippen molar-refractivity contribution in [3.8, 4) is 11.5 Å². The van der Waals surface area contributed by atoms with Crippen LogP contribution in [0, 0.1) is 17.3 Å². The topological polar surface area (TPSA) is 46.5 Å². The first kappa shape index (κ1) is 20.0. The maximum atomic E-state index is 10.9. The fourth-order valence-electron chi connectivity index (χ4n) is 2.50. The number of carbonyl (C=O) groups excluding carboxylic acids is 1. The molecule has 0 saturated heterocycles. The van der Waals surface area contributed by atoms with Crippen LogP contribution in [-0.4, -0.2) is 11.1 Å². The van der Waals surface area contributed by atoms with E-state index in [1.54, 1.807) is 18.2 Å². The standard InChI is InChI=1S/C12H10O3.C9H20/c1-8(13)15-12-7-6-11(14)9-4-2-3-5-10(9)12;1-7(2)8(3)9(4,5)6/h2-7,14H,1H3;7-8H,1-6H3. The second kappa shape index (κ2) is 8.18. The second-order valence-electron chi connectivity index (χ2n) is 7.62. The fourth-order valence-corrected chi connectivity index (χ4v) is 2.50. The van der Waals surface area contributed by atoms with Gasteiger partial charge in [0.25, 0.3) is 0 Å². The molecular formula is C21H30O3. The molecule has 2 aromatic rings. The van der Waals surface area contributed by atoms with Crippen LogP contribution in [0.3, 0.4) is 0 Å². The predicted molar refractivity (Wildman–Crippen MR) is 100 cm³/mol. The smallest absolute Gasteiger partial charge is 0.308 e. The zero-order valence-corrected chi connectivity index (χ0v) is 15.9. The molecule has 0 aliphatic rings. The third-order valence-corrected chi connectivity index (χ3v) is 4.48. The highest BCUT2D eigenvalue weighted by atomic mass is 16.5. The first-order valence-corrected chi connectivity index (χ1v) is 8.43. The molecule has 0 amide bonds. The minimum absolute atomic E-state index is 0.182. The van der Waals surface area contributed by atoms with Crippen LogP contribution in [0.25, 0.3) is 10.8 Å². The maximum absolute atomic E-state index is 10.9. The molecule has 1 N–H and O–H groups in total. The number of hydrogen-bond donors (Lipinski definition) is 1. The molecule has 0 fully saturated rings. The molecule has 0 aliphatic carbocycles. The first-order valence-electron chi connectivity index (χ1n) is 8.43. The van der Waals surface area contributed by atoms with Gasteiger partial charge in [-0.1, -0.05) is 65.8 Å². The van der Waals surface area contributed by atoms with Gasteiger partial charge in [0.2, 0.25) is 0 Å². The van der Waals surface area contributed by atoms with Crippen molar-refractivity contribution in [3.63, 3.8) is 0 Å². The van der Waals surface area contributed by atoms with Crippen molar-refractivity contribution in [1.29, 1.82) is 0 Å². The van der Waals surface area contributed by atoms with Crippen molar-refractivity contribution in [2.45, 2.75) is 48.5 Å². The molecule has 132 valence electrons. The minimum atomic E-state index is -0.370. The SMILES string of the molecule is CC(=O)Oc1ccc(O)c2ccccc12.CC(C)C(C)C(C)(C)C. The Hall–Kier alpha value is -2.03. The molecule has 0 saturated carbocycles. The highest BCUT2D eigenvalue weighted by Gasteiger charge is 2.22. The molecule has 0 radical (unpaired) electrons. The Kier molecular flexibility index (Phi) is 6.82. The van der Waals surface area contributed by atoms with Gasteiger partial charge in [0.05, 0.1) is 0 Å². The van der Waals surface area contributed by atoms with Gasteiger partial charge < -0.3 is 9.84 Å². The number of fused-ring (bicyclic) bond motifs is 1. The van der Waals surface area contributed by atoms with Crippen LogP contribution in [0.4, 0.5) is 0 Å². The highest BCUT2D eigenvalue weighted by molar-refractivity contribution is 5.94. The summed E-state index contributed by atoms with van der Waals surface area (Å²) in [6.07, 6.45) is 0. The Morgan fingerprint density at radius 2 is 1.54 bits per heavy atom. The van der Waals surface area contributed by atoms with E-state index in [0.717, 1.165) is 17.2 Å². The minimum Gasteiger partial charge on any atom is -0.507 e. The highest BCUT2D eigenvalue weighted by Crippen LogP contribution is 2.32. The summed E-state index contributed by atoms with van der Waals surface area (Å²) in [7, 11) is 0. The van der Waals surface area contributed by atoms with E-state index in [1.807, 2.05) is 12.1 Å². The number of phenolic OH excluding ortho intramolecular Hbond substituents is 1. The van der Waals surface area contributed by atoms with Gasteiger partial charge in [-0.05, 0) is 29.4 Å². The van der Waals surface area contributed by atoms with Crippen LogP contribution >= 0.6 is 0 Å². The zero-order chi connectivity index (χ0) is 18.5. The summed E-state index contributed by atoms with van der Waals surface area (Å²) in [5.41, 5.74) is 0.480. The van der Waals surface area contributed by atoms with Gasteiger partial charge in [0.15, 0.2) is 0 Å². The summed E-state index contributed by atoms with van der Waals surface area (Å²) in [5, 5.41) is 11.0. The molecule has 0 aliphatic heterocycles. The number of rotatable bonds is 2. The van der Waals surface area contributed by atoms with E-state index in [-0.39, 0.29) is 11.7 Å². The lowest BCUT2D eigenvalue weighted by Crippen LogP contribution is -2.21. The van der Waals surface area contributed by atoms with E-state index in [4.69, 9.17) is 4.74 Å². The number of benzene rings is 2. The van der Waals surface area contributed by atoms with E-state index < -0.39 is 0 Å². The summed E-state index contributed by atoms with van der Waals surface area (Å²) >= 11 is 0. The van der Waals surface area contributed by atoms with Gasteiger partial charge in [0, 0.05) is 17.7 Å². The van der Waals surface area contributed by atoms with E-state index in [9.17, 15) is 9.90 Å². The molecule has 1 unspecified atom stereocenters. The molecule has 0 aromatic heterocycles. The lowest BCUT2D eigenvalue weighted by atomic mass is 9.76. The number of hydrogen-bond acceptors (Lipinski definition) is 3. The lowest BCUT2D eigenvalue weighted by Gasteiger charge is -2.30. The van der Waals surface area contributed by atoms with Gasteiger partial charge >= 0.3 is 5.97 Å². The lowest BCUT2D eigenvalue weighted by molar-refractivity contribution is -0.131. The molecule has 0 bridgehead atoms. The van der Waals surface area contributed by atoms with Gasteiger partial charge in [-0.2, -0.15) is 0 Å². The normalized spacial score (nSPS) is 12.5. The van der Waals surface area contributed by atoms with Crippen molar-refractivity contribution in [2.24, 2.45) is 17.3 Å². The Morgan fingerprint density at radius 1 is 1.00 bits per heavy atom. The summed E-state index contributed by atoms with van der Waals surface area (Å²) in [5.74, 6) is 1.91. The molecule has 1 atom stereocenters. The number of phenols is 1. The summed E-state index contributed by atoms with van der Waals surface area (Å²) in [4.78, 5) is 10.9. The Balaban J connectivity index is 0.000000277. The maximum Gasteiger partial charge on any atom is 0.308 e.